The maximum Gasteiger partial charge on any atom is 0.0341 e. The minimum atomic E-state index is 0.706. The van der Waals surface area contributed by atoms with Crippen LogP contribution in [0.2, 0.25) is 0 Å². The van der Waals surface area contributed by atoms with Crippen LogP contribution in [0.3, 0.4) is 0 Å². The summed E-state index contributed by atoms with van der Waals surface area (Å²) in [6, 6.07) is 0. The molecular formula is C15H21N. The van der Waals surface area contributed by atoms with Crippen molar-refractivity contribution >= 4 is 0 Å². The van der Waals surface area contributed by atoms with Crippen molar-refractivity contribution in [2.75, 3.05) is 0 Å². The van der Waals surface area contributed by atoms with Crippen molar-refractivity contribution in [2.24, 2.45) is 11.7 Å². The molecule has 0 unspecified atom stereocenters. The molecule has 0 atom stereocenters. The Kier molecular flexibility index (Phi) is 3.33. The molecule has 0 aromatic rings. The van der Waals surface area contributed by atoms with E-state index in [2.05, 4.69) is 38.2 Å². The van der Waals surface area contributed by atoms with E-state index in [0.29, 0.717) is 5.92 Å². The molecule has 0 spiro atoms. The number of nitrogens with two attached hydrogens (primary N) is 1. The molecule has 0 aliphatic heterocycles. The fraction of sp³-hybridized carbons (Fsp3) is 0.467. The molecule has 0 bridgehead atoms. The van der Waals surface area contributed by atoms with Gasteiger partial charge in [0, 0.05) is 5.70 Å². The summed E-state index contributed by atoms with van der Waals surface area (Å²) in [4.78, 5) is 0. The number of rotatable bonds is 1. The number of hydrogen-bond acceptors (Lipinski definition) is 1. The second-order valence-corrected chi connectivity index (χ2v) is 5.02. The standard InChI is InChI=1S/C15H21N/c1-11-6-3-4-9-14(13-7-5-8-13)15(16)12(2)10-11/h3-4,6,9,13H,5,7-8,10,16H2,1-2H3/b4-3+,11-6-,14-9+,15-12+. The summed E-state index contributed by atoms with van der Waals surface area (Å²) in [7, 11) is 0. The van der Waals surface area contributed by atoms with Crippen molar-refractivity contribution in [3.63, 3.8) is 0 Å². The van der Waals surface area contributed by atoms with E-state index in [0.717, 1.165) is 12.1 Å². The third-order valence-electron chi connectivity index (χ3n) is 3.63. The maximum absolute atomic E-state index is 6.28. The molecule has 1 heteroatoms. The van der Waals surface area contributed by atoms with Gasteiger partial charge in [0.05, 0.1) is 0 Å². The average molecular weight is 215 g/mol. The molecule has 0 saturated heterocycles. The zero-order valence-electron chi connectivity index (χ0n) is 10.3. The molecular weight excluding hydrogens is 194 g/mol. The van der Waals surface area contributed by atoms with Crippen LogP contribution in [0.1, 0.15) is 39.5 Å². The van der Waals surface area contributed by atoms with Crippen molar-refractivity contribution in [2.45, 2.75) is 39.5 Å². The van der Waals surface area contributed by atoms with Gasteiger partial charge < -0.3 is 5.73 Å². The van der Waals surface area contributed by atoms with Crippen molar-refractivity contribution in [3.8, 4) is 0 Å². The smallest absolute Gasteiger partial charge is 0.0341 e. The van der Waals surface area contributed by atoms with E-state index in [-0.39, 0.29) is 0 Å². The monoisotopic (exact) mass is 215 g/mol. The molecule has 86 valence electrons. The molecule has 2 aliphatic rings. The lowest BCUT2D eigenvalue weighted by molar-refractivity contribution is 0.370. The highest BCUT2D eigenvalue weighted by Gasteiger charge is 2.23. The molecule has 16 heavy (non-hydrogen) atoms. The molecule has 0 aromatic carbocycles. The molecule has 2 N–H and O–H groups in total. The molecule has 2 rings (SSSR count). The SMILES string of the molecule is C/C1=C/C=C/C=C(C2CCC2)/C(N)=C(/C)C1. The van der Waals surface area contributed by atoms with Gasteiger partial charge in [-0.15, -0.1) is 0 Å². The Labute approximate surface area is 98.4 Å². The second kappa shape index (κ2) is 4.73. The fourth-order valence-corrected chi connectivity index (χ4v) is 2.36. The number of hydrogen-bond donors (Lipinski definition) is 1. The van der Waals surface area contributed by atoms with Crippen LogP contribution in [0.4, 0.5) is 0 Å². The first-order valence-corrected chi connectivity index (χ1v) is 6.18. The molecule has 0 amide bonds. The van der Waals surface area contributed by atoms with E-state index in [4.69, 9.17) is 5.73 Å². The molecule has 0 heterocycles. The summed E-state index contributed by atoms with van der Waals surface area (Å²) >= 11 is 0. The zero-order chi connectivity index (χ0) is 11.5. The Balaban J connectivity index is 2.32. The summed E-state index contributed by atoms with van der Waals surface area (Å²) in [5.74, 6) is 0.706. The Morgan fingerprint density at radius 1 is 1.12 bits per heavy atom. The van der Waals surface area contributed by atoms with Gasteiger partial charge in [-0.05, 0) is 50.2 Å². The summed E-state index contributed by atoms with van der Waals surface area (Å²) in [5.41, 5.74) is 11.4. The normalized spacial score (nSPS) is 35.9. The van der Waals surface area contributed by atoms with Crippen LogP contribution in [0.25, 0.3) is 0 Å². The van der Waals surface area contributed by atoms with Gasteiger partial charge in [0.15, 0.2) is 0 Å². The highest BCUT2D eigenvalue weighted by Crippen LogP contribution is 2.37. The molecule has 0 aromatic heterocycles. The van der Waals surface area contributed by atoms with E-state index in [9.17, 15) is 0 Å². The first-order chi connectivity index (χ1) is 7.68. The lowest BCUT2D eigenvalue weighted by Crippen LogP contribution is -2.19. The minimum Gasteiger partial charge on any atom is -0.399 e. The minimum absolute atomic E-state index is 0.706. The van der Waals surface area contributed by atoms with Crippen molar-refractivity contribution in [3.05, 3.63) is 46.7 Å². The first kappa shape index (κ1) is 11.3. The van der Waals surface area contributed by atoms with Crippen LogP contribution in [0.15, 0.2) is 46.7 Å². The number of allylic oxidation sites excluding steroid dienone is 7. The molecule has 0 radical (unpaired) electrons. The predicted octanol–water partition coefficient (Wildman–Crippen LogP) is 3.85. The van der Waals surface area contributed by atoms with E-state index < -0.39 is 0 Å². The molecule has 1 saturated carbocycles. The van der Waals surface area contributed by atoms with Gasteiger partial charge in [0.25, 0.3) is 0 Å². The second-order valence-electron chi connectivity index (χ2n) is 5.02. The summed E-state index contributed by atoms with van der Waals surface area (Å²) < 4.78 is 0. The largest absolute Gasteiger partial charge is 0.399 e. The van der Waals surface area contributed by atoms with Gasteiger partial charge in [-0.1, -0.05) is 36.3 Å². The zero-order valence-corrected chi connectivity index (χ0v) is 10.3. The Hall–Kier alpha value is -1.24. The first-order valence-electron chi connectivity index (χ1n) is 6.18. The van der Waals surface area contributed by atoms with Crippen LogP contribution in [-0.2, 0) is 0 Å². The topological polar surface area (TPSA) is 26.0 Å². The van der Waals surface area contributed by atoms with Gasteiger partial charge in [-0.25, -0.2) is 0 Å². The van der Waals surface area contributed by atoms with E-state index in [1.807, 2.05) is 0 Å². The predicted molar refractivity (Wildman–Crippen MR) is 69.8 cm³/mol. The van der Waals surface area contributed by atoms with E-state index in [1.165, 1.54) is 36.0 Å². The van der Waals surface area contributed by atoms with Crippen LogP contribution < -0.4 is 5.73 Å². The summed E-state index contributed by atoms with van der Waals surface area (Å²) in [5, 5.41) is 0. The van der Waals surface area contributed by atoms with Crippen LogP contribution in [0.5, 0.6) is 0 Å². The Bertz CT molecular complexity index is 390. The Morgan fingerprint density at radius 3 is 2.44 bits per heavy atom. The van der Waals surface area contributed by atoms with Gasteiger partial charge >= 0.3 is 0 Å². The highest BCUT2D eigenvalue weighted by molar-refractivity contribution is 5.40. The maximum atomic E-state index is 6.28. The fourth-order valence-electron chi connectivity index (χ4n) is 2.36. The highest BCUT2D eigenvalue weighted by atomic mass is 14.6. The third-order valence-corrected chi connectivity index (χ3v) is 3.63. The molecule has 1 nitrogen and oxygen atoms in total. The summed E-state index contributed by atoms with van der Waals surface area (Å²) in [6.45, 7) is 4.32. The van der Waals surface area contributed by atoms with Crippen molar-refractivity contribution in [1.82, 2.24) is 0 Å². The lowest BCUT2D eigenvalue weighted by Gasteiger charge is -2.29. The van der Waals surface area contributed by atoms with Gasteiger partial charge in [-0.3, -0.25) is 0 Å². The summed E-state index contributed by atoms with van der Waals surface area (Å²) in [6.07, 6.45) is 13.6. The van der Waals surface area contributed by atoms with Crippen molar-refractivity contribution < 1.29 is 0 Å². The van der Waals surface area contributed by atoms with Crippen LogP contribution >= 0.6 is 0 Å². The average Bonchev–Trinajstić information content (AvgIpc) is 2.22. The van der Waals surface area contributed by atoms with E-state index >= 15 is 0 Å². The third kappa shape index (κ3) is 2.29. The van der Waals surface area contributed by atoms with Crippen molar-refractivity contribution in [1.29, 1.82) is 0 Å². The van der Waals surface area contributed by atoms with Gasteiger partial charge in [0.2, 0.25) is 0 Å². The van der Waals surface area contributed by atoms with Gasteiger partial charge in [0.1, 0.15) is 0 Å². The molecule has 1 fully saturated rings. The van der Waals surface area contributed by atoms with Crippen LogP contribution in [-0.4, -0.2) is 0 Å². The quantitative estimate of drug-likeness (QED) is 0.706. The van der Waals surface area contributed by atoms with Crippen LogP contribution in [0, 0.1) is 5.92 Å². The Morgan fingerprint density at radius 2 is 1.81 bits per heavy atom. The van der Waals surface area contributed by atoms with E-state index in [1.54, 1.807) is 0 Å². The lowest BCUT2D eigenvalue weighted by atomic mass is 9.77. The molecule has 2 aliphatic carbocycles. The van der Waals surface area contributed by atoms with Gasteiger partial charge in [-0.2, -0.15) is 0 Å².